The summed E-state index contributed by atoms with van der Waals surface area (Å²) in [6.07, 6.45) is 3.21. The van der Waals surface area contributed by atoms with Crippen LogP contribution in [-0.4, -0.2) is 21.0 Å². The molecule has 0 bridgehead atoms. The van der Waals surface area contributed by atoms with E-state index in [2.05, 4.69) is 9.97 Å². The van der Waals surface area contributed by atoms with Crippen molar-refractivity contribution in [3.8, 4) is 0 Å². The Hall–Kier alpha value is -2.30. The molecule has 0 saturated carbocycles. The summed E-state index contributed by atoms with van der Waals surface area (Å²) >= 11 is 0. The highest BCUT2D eigenvalue weighted by Crippen LogP contribution is 2.29. The van der Waals surface area contributed by atoms with Gasteiger partial charge in [-0.1, -0.05) is 0 Å². The number of furan rings is 1. The molecule has 3 heterocycles. The smallest absolute Gasteiger partial charge is 0.309 e. The van der Waals surface area contributed by atoms with Gasteiger partial charge in [-0.25, -0.2) is 0 Å². The summed E-state index contributed by atoms with van der Waals surface area (Å²) in [7, 11) is 0. The van der Waals surface area contributed by atoms with Crippen molar-refractivity contribution in [3.05, 3.63) is 30.2 Å². The largest absolute Gasteiger partial charge is 0.481 e. The van der Waals surface area contributed by atoms with Crippen molar-refractivity contribution in [1.29, 1.82) is 0 Å². The average Bonchev–Trinajstić information content (AvgIpc) is 2.75. The van der Waals surface area contributed by atoms with Crippen LogP contribution in [0, 0.1) is 0 Å². The van der Waals surface area contributed by atoms with Gasteiger partial charge in [0.15, 0.2) is 0 Å². The molecule has 0 fully saturated rings. The van der Waals surface area contributed by atoms with Crippen LogP contribution in [-0.2, 0) is 11.2 Å². The van der Waals surface area contributed by atoms with E-state index in [1.165, 1.54) is 0 Å². The molecule has 0 aliphatic heterocycles. The molecule has 3 aromatic rings. The Balaban J connectivity index is 2.37. The Labute approximate surface area is 89.7 Å². The molecule has 0 amide bonds. The van der Waals surface area contributed by atoms with Gasteiger partial charge in [0.05, 0.1) is 17.5 Å². The molecular weight excluding hydrogens is 208 g/mol. The van der Waals surface area contributed by atoms with Crippen LogP contribution < -0.4 is 0 Å². The second-order valence-corrected chi connectivity index (χ2v) is 3.52. The number of carboxylic acid groups (broad SMARTS) is 1. The number of aromatic amines is 1. The minimum atomic E-state index is -0.898. The second kappa shape index (κ2) is 3.10. The second-order valence-electron chi connectivity index (χ2n) is 3.52. The molecular formula is C11H8N2O3. The number of rotatable bonds is 2. The van der Waals surface area contributed by atoms with E-state index < -0.39 is 5.97 Å². The topological polar surface area (TPSA) is 79.1 Å². The number of carbonyl (C=O) groups is 1. The number of aliphatic carboxylic acids is 1. The number of fused-ring (bicyclic) bond motifs is 3. The molecule has 0 aliphatic carbocycles. The molecule has 5 heteroatoms. The minimum Gasteiger partial charge on any atom is -0.481 e. The quantitative estimate of drug-likeness (QED) is 0.686. The molecule has 0 unspecified atom stereocenters. The van der Waals surface area contributed by atoms with Gasteiger partial charge in [0, 0.05) is 17.8 Å². The first-order valence-electron chi connectivity index (χ1n) is 4.81. The summed E-state index contributed by atoms with van der Waals surface area (Å²) in [6, 6.07) is 3.59. The summed E-state index contributed by atoms with van der Waals surface area (Å²) in [4.78, 5) is 17.8. The molecule has 0 aromatic carbocycles. The van der Waals surface area contributed by atoms with Gasteiger partial charge in [-0.2, -0.15) is 0 Å². The predicted molar refractivity (Wildman–Crippen MR) is 57.2 cm³/mol. The molecule has 16 heavy (non-hydrogen) atoms. The Morgan fingerprint density at radius 3 is 3.19 bits per heavy atom. The van der Waals surface area contributed by atoms with E-state index in [1.807, 2.05) is 6.07 Å². The van der Waals surface area contributed by atoms with Gasteiger partial charge >= 0.3 is 5.97 Å². The van der Waals surface area contributed by atoms with E-state index in [1.54, 1.807) is 18.5 Å². The van der Waals surface area contributed by atoms with Crippen molar-refractivity contribution >= 4 is 28.0 Å². The van der Waals surface area contributed by atoms with Crippen molar-refractivity contribution in [2.45, 2.75) is 6.42 Å². The van der Waals surface area contributed by atoms with Crippen molar-refractivity contribution < 1.29 is 14.3 Å². The van der Waals surface area contributed by atoms with Crippen molar-refractivity contribution in [3.63, 3.8) is 0 Å². The molecule has 0 saturated heterocycles. The fraction of sp³-hybridized carbons (Fsp3) is 0.0909. The Bertz CT molecular complexity index is 681. The van der Waals surface area contributed by atoms with Crippen LogP contribution in [0.25, 0.3) is 22.1 Å². The molecule has 0 radical (unpaired) electrons. The van der Waals surface area contributed by atoms with Gasteiger partial charge in [0.25, 0.3) is 0 Å². The number of nitrogens with zero attached hydrogens (tertiary/aromatic N) is 1. The van der Waals surface area contributed by atoms with Gasteiger partial charge in [-0.3, -0.25) is 9.78 Å². The van der Waals surface area contributed by atoms with Gasteiger partial charge in [0.2, 0.25) is 5.71 Å². The van der Waals surface area contributed by atoms with Gasteiger partial charge in [-0.05, 0) is 12.1 Å². The third kappa shape index (κ3) is 1.18. The zero-order valence-corrected chi connectivity index (χ0v) is 8.23. The first-order valence-corrected chi connectivity index (χ1v) is 4.81. The number of hydrogen-bond donors (Lipinski definition) is 2. The molecule has 0 atom stereocenters. The molecule has 0 aliphatic rings. The lowest BCUT2D eigenvalue weighted by Crippen LogP contribution is -2.02. The monoisotopic (exact) mass is 216 g/mol. The molecule has 5 nitrogen and oxygen atoms in total. The average molecular weight is 216 g/mol. The van der Waals surface area contributed by atoms with Crippen LogP contribution in [0.4, 0.5) is 0 Å². The molecule has 3 rings (SSSR count). The number of aromatic nitrogens is 2. The summed E-state index contributed by atoms with van der Waals surface area (Å²) in [5.41, 5.74) is 1.84. The molecule has 3 aromatic heterocycles. The number of carboxylic acids is 1. The van der Waals surface area contributed by atoms with E-state index in [0.29, 0.717) is 17.0 Å². The summed E-state index contributed by atoms with van der Waals surface area (Å²) in [6.45, 7) is 0. The van der Waals surface area contributed by atoms with E-state index >= 15 is 0 Å². The number of pyridine rings is 1. The zero-order chi connectivity index (χ0) is 11.1. The Morgan fingerprint density at radius 1 is 1.50 bits per heavy atom. The Morgan fingerprint density at radius 2 is 2.38 bits per heavy atom. The van der Waals surface area contributed by atoms with Crippen molar-refractivity contribution in [2.75, 3.05) is 0 Å². The minimum absolute atomic E-state index is 0.100. The third-order valence-electron chi connectivity index (χ3n) is 2.50. The predicted octanol–water partition coefficient (Wildman–Crippen LogP) is 1.94. The number of H-pyrrole nitrogens is 1. The lowest BCUT2D eigenvalue weighted by Gasteiger charge is -1.97. The van der Waals surface area contributed by atoms with Crippen LogP contribution in [0.2, 0.25) is 0 Å². The maximum Gasteiger partial charge on any atom is 0.309 e. The lowest BCUT2D eigenvalue weighted by molar-refractivity contribution is -0.136. The fourth-order valence-electron chi connectivity index (χ4n) is 1.88. The highest BCUT2D eigenvalue weighted by molar-refractivity contribution is 6.05. The van der Waals surface area contributed by atoms with E-state index in [0.717, 1.165) is 10.8 Å². The van der Waals surface area contributed by atoms with Crippen molar-refractivity contribution in [2.24, 2.45) is 0 Å². The van der Waals surface area contributed by atoms with Gasteiger partial charge in [0.1, 0.15) is 5.58 Å². The Kier molecular flexibility index (Phi) is 1.73. The van der Waals surface area contributed by atoms with E-state index in [-0.39, 0.29) is 6.42 Å². The van der Waals surface area contributed by atoms with Crippen LogP contribution in [0.15, 0.2) is 28.9 Å². The van der Waals surface area contributed by atoms with Crippen LogP contribution >= 0.6 is 0 Å². The first kappa shape index (κ1) is 8.96. The fourth-order valence-corrected chi connectivity index (χ4v) is 1.88. The standard InChI is InChI=1S/C11H8N2O3/c14-9(15)5-7-10-6-1-3-13-11(6)16-8(10)2-4-12-7/h1-4,13H,5H2,(H,14,15). The molecule has 80 valence electrons. The van der Waals surface area contributed by atoms with E-state index in [9.17, 15) is 4.79 Å². The zero-order valence-electron chi connectivity index (χ0n) is 8.23. The van der Waals surface area contributed by atoms with Crippen LogP contribution in [0.3, 0.4) is 0 Å². The normalized spacial score (nSPS) is 11.2. The third-order valence-corrected chi connectivity index (χ3v) is 2.50. The summed E-state index contributed by atoms with van der Waals surface area (Å²) < 4.78 is 5.53. The summed E-state index contributed by atoms with van der Waals surface area (Å²) in [5, 5.41) is 10.5. The molecule has 2 N–H and O–H groups in total. The SMILES string of the molecule is O=C(O)Cc1nccc2oc3[nH]ccc3c12. The maximum atomic E-state index is 10.7. The first-order chi connectivity index (χ1) is 7.75. The van der Waals surface area contributed by atoms with Gasteiger partial charge < -0.3 is 14.5 Å². The number of hydrogen-bond acceptors (Lipinski definition) is 3. The van der Waals surface area contributed by atoms with Crippen molar-refractivity contribution in [1.82, 2.24) is 9.97 Å². The lowest BCUT2D eigenvalue weighted by atomic mass is 10.1. The van der Waals surface area contributed by atoms with Crippen LogP contribution in [0.5, 0.6) is 0 Å². The van der Waals surface area contributed by atoms with Gasteiger partial charge in [-0.15, -0.1) is 0 Å². The molecule has 0 spiro atoms. The number of nitrogens with one attached hydrogen (secondary N) is 1. The van der Waals surface area contributed by atoms with Crippen LogP contribution in [0.1, 0.15) is 5.69 Å². The highest BCUT2D eigenvalue weighted by atomic mass is 16.4. The highest BCUT2D eigenvalue weighted by Gasteiger charge is 2.14. The summed E-state index contributed by atoms with van der Waals surface area (Å²) in [5.74, 6) is -0.898. The maximum absolute atomic E-state index is 10.7. The van der Waals surface area contributed by atoms with E-state index in [4.69, 9.17) is 9.52 Å².